The summed E-state index contributed by atoms with van der Waals surface area (Å²) in [5, 5.41) is 2.30. The number of anilines is 2. The number of carbonyl (C=O) groups is 1. The summed E-state index contributed by atoms with van der Waals surface area (Å²) in [6, 6.07) is 1.62. The molecule has 0 saturated carbocycles. The molecular weight excluding hydrogens is 230 g/mol. The van der Waals surface area contributed by atoms with E-state index in [2.05, 4.69) is 5.32 Å². The van der Waals surface area contributed by atoms with Crippen LogP contribution < -0.4 is 11.1 Å². The molecule has 1 aromatic rings. The van der Waals surface area contributed by atoms with Gasteiger partial charge >= 0.3 is 0 Å². The maximum Gasteiger partial charge on any atom is 0.224 e. The summed E-state index contributed by atoms with van der Waals surface area (Å²) in [5.74, 6) is -2.06. The van der Waals surface area contributed by atoms with E-state index in [1.54, 1.807) is 0 Å². The SMILES string of the molecule is COCCCC(=O)Nc1c(N)cc(F)cc1F. The fourth-order valence-corrected chi connectivity index (χ4v) is 1.30. The molecule has 1 aromatic carbocycles. The number of amides is 1. The van der Waals surface area contributed by atoms with Gasteiger partial charge in [-0.3, -0.25) is 4.79 Å². The first-order valence-electron chi connectivity index (χ1n) is 5.08. The summed E-state index contributed by atoms with van der Waals surface area (Å²) >= 11 is 0. The Morgan fingerprint density at radius 3 is 2.76 bits per heavy atom. The zero-order chi connectivity index (χ0) is 12.8. The van der Waals surface area contributed by atoms with Gasteiger partial charge in [-0.1, -0.05) is 0 Å². The van der Waals surface area contributed by atoms with Crippen LogP contribution in [0.5, 0.6) is 0 Å². The normalized spacial score (nSPS) is 10.3. The van der Waals surface area contributed by atoms with Gasteiger partial charge in [-0.25, -0.2) is 8.78 Å². The van der Waals surface area contributed by atoms with Crippen LogP contribution in [0.25, 0.3) is 0 Å². The van der Waals surface area contributed by atoms with E-state index in [4.69, 9.17) is 10.5 Å². The van der Waals surface area contributed by atoms with Crippen molar-refractivity contribution in [2.45, 2.75) is 12.8 Å². The van der Waals surface area contributed by atoms with Gasteiger partial charge in [0, 0.05) is 26.2 Å². The van der Waals surface area contributed by atoms with Gasteiger partial charge in [-0.05, 0) is 12.5 Å². The zero-order valence-corrected chi connectivity index (χ0v) is 9.43. The number of nitrogens with two attached hydrogens (primary N) is 1. The van der Waals surface area contributed by atoms with Gasteiger partial charge in [-0.15, -0.1) is 0 Å². The van der Waals surface area contributed by atoms with Crippen LogP contribution in [0.2, 0.25) is 0 Å². The van der Waals surface area contributed by atoms with Crippen molar-refractivity contribution >= 4 is 17.3 Å². The fourth-order valence-electron chi connectivity index (χ4n) is 1.30. The average molecular weight is 244 g/mol. The van der Waals surface area contributed by atoms with E-state index in [9.17, 15) is 13.6 Å². The lowest BCUT2D eigenvalue weighted by Gasteiger charge is -2.09. The predicted molar refractivity (Wildman–Crippen MR) is 60.5 cm³/mol. The number of hydrogen-bond donors (Lipinski definition) is 2. The Kier molecular flexibility index (Phi) is 4.84. The molecule has 0 atom stereocenters. The van der Waals surface area contributed by atoms with Crippen molar-refractivity contribution in [3.63, 3.8) is 0 Å². The van der Waals surface area contributed by atoms with E-state index in [0.717, 1.165) is 6.07 Å². The van der Waals surface area contributed by atoms with Crippen LogP contribution in [0.4, 0.5) is 20.2 Å². The smallest absolute Gasteiger partial charge is 0.224 e. The summed E-state index contributed by atoms with van der Waals surface area (Å²) in [6.07, 6.45) is 0.704. The highest BCUT2D eigenvalue weighted by molar-refractivity contribution is 5.93. The van der Waals surface area contributed by atoms with E-state index in [-0.39, 0.29) is 23.7 Å². The Balaban J connectivity index is 2.65. The predicted octanol–water partition coefficient (Wildman–Crippen LogP) is 1.91. The van der Waals surface area contributed by atoms with Gasteiger partial charge in [0.15, 0.2) is 5.82 Å². The maximum absolute atomic E-state index is 13.3. The summed E-state index contributed by atoms with van der Waals surface area (Å²) in [6.45, 7) is 0.439. The minimum atomic E-state index is -0.886. The molecule has 0 aliphatic rings. The third kappa shape index (κ3) is 3.99. The van der Waals surface area contributed by atoms with Crippen LogP contribution in [0, 0.1) is 11.6 Å². The molecule has 6 heteroatoms. The number of methoxy groups -OCH3 is 1. The molecule has 0 heterocycles. The quantitative estimate of drug-likeness (QED) is 0.614. The molecule has 0 spiro atoms. The highest BCUT2D eigenvalue weighted by Gasteiger charge is 2.11. The molecule has 0 unspecified atom stereocenters. The summed E-state index contributed by atoms with van der Waals surface area (Å²) in [5.41, 5.74) is 5.08. The van der Waals surface area contributed by atoms with Gasteiger partial charge in [0.2, 0.25) is 5.91 Å². The van der Waals surface area contributed by atoms with E-state index in [0.29, 0.717) is 19.1 Å². The standard InChI is InChI=1S/C11H14F2N2O2/c1-17-4-2-3-10(16)15-11-8(13)5-7(12)6-9(11)14/h5-6H,2-4,14H2,1H3,(H,15,16). The van der Waals surface area contributed by atoms with E-state index >= 15 is 0 Å². The Hall–Kier alpha value is -1.69. The van der Waals surface area contributed by atoms with E-state index in [1.165, 1.54) is 7.11 Å². The van der Waals surface area contributed by atoms with Crippen molar-refractivity contribution in [2.75, 3.05) is 24.8 Å². The van der Waals surface area contributed by atoms with Crippen LogP contribution in [0.3, 0.4) is 0 Å². The second-order valence-corrected chi connectivity index (χ2v) is 3.50. The van der Waals surface area contributed by atoms with E-state index < -0.39 is 11.6 Å². The van der Waals surface area contributed by atoms with Crippen LogP contribution in [-0.4, -0.2) is 19.6 Å². The number of halogens is 2. The second-order valence-electron chi connectivity index (χ2n) is 3.50. The van der Waals surface area contributed by atoms with Gasteiger partial charge in [0.1, 0.15) is 11.5 Å². The number of benzene rings is 1. The Labute approximate surface area is 97.8 Å². The first kappa shape index (κ1) is 13.4. The molecule has 0 radical (unpaired) electrons. The molecule has 0 aromatic heterocycles. The number of nitrogen functional groups attached to an aromatic ring is 1. The molecule has 4 nitrogen and oxygen atoms in total. The van der Waals surface area contributed by atoms with Gasteiger partial charge in [0.25, 0.3) is 0 Å². The van der Waals surface area contributed by atoms with E-state index in [1.807, 2.05) is 0 Å². The minimum Gasteiger partial charge on any atom is -0.397 e. The van der Waals surface area contributed by atoms with Crippen molar-refractivity contribution in [1.29, 1.82) is 0 Å². The third-order valence-electron chi connectivity index (χ3n) is 2.10. The zero-order valence-electron chi connectivity index (χ0n) is 9.43. The van der Waals surface area contributed by atoms with Crippen LogP contribution >= 0.6 is 0 Å². The molecular formula is C11H14F2N2O2. The van der Waals surface area contributed by atoms with Crippen LogP contribution in [-0.2, 0) is 9.53 Å². The molecule has 94 valence electrons. The minimum absolute atomic E-state index is 0.136. The second kappa shape index (κ2) is 6.15. The summed E-state index contributed by atoms with van der Waals surface area (Å²) < 4.78 is 30.8. The molecule has 17 heavy (non-hydrogen) atoms. The molecule has 0 aliphatic heterocycles. The molecule has 0 fully saturated rings. The van der Waals surface area contributed by atoms with Crippen LogP contribution in [0.15, 0.2) is 12.1 Å². The highest BCUT2D eigenvalue weighted by Crippen LogP contribution is 2.23. The number of ether oxygens (including phenoxy) is 1. The Bertz CT molecular complexity index is 387. The number of rotatable bonds is 5. The summed E-state index contributed by atoms with van der Waals surface area (Å²) in [4.78, 5) is 11.4. The monoisotopic (exact) mass is 244 g/mol. The molecule has 0 bridgehead atoms. The van der Waals surface area contributed by atoms with Gasteiger partial charge in [0.05, 0.1) is 5.69 Å². The molecule has 3 N–H and O–H groups in total. The van der Waals surface area contributed by atoms with Gasteiger partial charge in [-0.2, -0.15) is 0 Å². The first-order chi connectivity index (χ1) is 8.04. The highest BCUT2D eigenvalue weighted by atomic mass is 19.1. The average Bonchev–Trinajstić information content (AvgIpc) is 2.24. The first-order valence-corrected chi connectivity index (χ1v) is 5.08. The van der Waals surface area contributed by atoms with Crippen molar-refractivity contribution in [1.82, 2.24) is 0 Å². The van der Waals surface area contributed by atoms with Crippen LogP contribution in [0.1, 0.15) is 12.8 Å². The number of hydrogen-bond acceptors (Lipinski definition) is 3. The van der Waals surface area contributed by atoms with Gasteiger partial charge < -0.3 is 15.8 Å². The topological polar surface area (TPSA) is 64.3 Å². The van der Waals surface area contributed by atoms with Crippen molar-refractivity contribution < 1.29 is 18.3 Å². The lowest BCUT2D eigenvalue weighted by Crippen LogP contribution is -2.14. The van der Waals surface area contributed by atoms with Crippen molar-refractivity contribution in [3.8, 4) is 0 Å². The maximum atomic E-state index is 13.3. The third-order valence-corrected chi connectivity index (χ3v) is 2.10. The molecule has 0 aliphatic carbocycles. The molecule has 0 saturated heterocycles. The molecule has 1 rings (SSSR count). The Morgan fingerprint density at radius 1 is 1.47 bits per heavy atom. The van der Waals surface area contributed by atoms with Crippen molar-refractivity contribution in [3.05, 3.63) is 23.8 Å². The number of carbonyl (C=O) groups excluding carboxylic acids is 1. The van der Waals surface area contributed by atoms with Crippen molar-refractivity contribution in [2.24, 2.45) is 0 Å². The lowest BCUT2D eigenvalue weighted by atomic mass is 10.2. The summed E-state index contributed by atoms with van der Waals surface area (Å²) in [7, 11) is 1.52. The molecule has 1 amide bonds. The Morgan fingerprint density at radius 2 is 2.18 bits per heavy atom. The fraction of sp³-hybridized carbons (Fsp3) is 0.364. The lowest BCUT2D eigenvalue weighted by molar-refractivity contribution is -0.116. The number of nitrogens with one attached hydrogen (secondary N) is 1. The largest absolute Gasteiger partial charge is 0.397 e.